The maximum atomic E-state index is 11.0. The van der Waals surface area contributed by atoms with Gasteiger partial charge in [-0.2, -0.15) is 0 Å². The third-order valence-corrected chi connectivity index (χ3v) is 2.91. The highest BCUT2D eigenvalue weighted by atomic mass is 16.4. The first-order chi connectivity index (χ1) is 7.24. The van der Waals surface area contributed by atoms with Crippen LogP contribution in [0.5, 0.6) is 5.75 Å². The molecule has 0 atom stereocenters. The van der Waals surface area contributed by atoms with Crippen LogP contribution < -0.4 is 0 Å². The third-order valence-electron chi connectivity index (χ3n) is 2.91. The van der Waals surface area contributed by atoms with Crippen LogP contribution in [0.3, 0.4) is 0 Å². The molecule has 1 rings (SSSR count). The monoisotopic (exact) mass is 222 g/mol. The molecule has 0 fully saturated rings. The molecule has 3 heteroatoms. The van der Waals surface area contributed by atoms with Gasteiger partial charge in [-0.15, -0.1) is 0 Å². The SMILES string of the molecule is Cc1cc(O)c(CC(C)(C)C(=O)O)cc1C. The second-order valence-corrected chi connectivity index (χ2v) is 4.93. The van der Waals surface area contributed by atoms with E-state index in [1.807, 2.05) is 19.9 Å². The number of phenols is 1. The van der Waals surface area contributed by atoms with Crippen molar-refractivity contribution in [2.45, 2.75) is 34.1 Å². The number of hydrogen-bond acceptors (Lipinski definition) is 2. The standard InChI is InChI=1S/C13H18O3/c1-8-5-10(11(14)6-9(8)2)7-13(3,4)12(15)16/h5-6,14H,7H2,1-4H3,(H,15,16). The molecule has 0 aliphatic heterocycles. The highest BCUT2D eigenvalue weighted by molar-refractivity contribution is 5.74. The fraction of sp³-hybridized carbons (Fsp3) is 0.462. The number of rotatable bonds is 3. The molecule has 2 N–H and O–H groups in total. The number of phenolic OH excluding ortho intramolecular Hbond substituents is 1. The lowest BCUT2D eigenvalue weighted by atomic mass is 9.85. The van der Waals surface area contributed by atoms with E-state index < -0.39 is 11.4 Å². The van der Waals surface area contributed by atoms with Crippen molar-refractivity contribution in [3.05, 3.63) is 28.8 Å². The van der Waals surface area contributed by atoms with Crippen molar-refractivity contribution in [2.75, 3.05) is 0 Å². The fourth-order valence-electron chi connectivity index (χ4n) is 1.55. The summed E-state index contributed by atoms with van der Waals surface area (Å²) in [5.41, 5.74) is 1.90. The Morgan fingerprint density at radius 3 is 2.25 bits per heavy atom. The predicted octanol–water partition coefficient (Wildman–Crippen LogP) is 2.66. The van der Waals surface area contributed by atoms with Gasteiger partial charge in [-0.25, -0.2) is 0 Å². The quantitative estimate of drug-likeness (QED) is 0.826. The lowest BCUT2D eigenvalue weighted by Crippen LogP contribution is -2.26. The van der Waals surface area contributed by atoms with Crippen LogP contribution in [0.4, 0.5) is 0 Å². The van der Waals surface area contributed by atoms with Crippen LogP contribution >= 0.6 is 0 Å². The molecule has 0 spiro atoms. The van der Waals surface area contributed by atoms with Crippen LogP contribution in [0.1, 0.15) is 30.5 Å². The molecule has 0 amide bonds. The minimum absolute atomic E-state index is 0.178. The van der Waals surface area contributed by atoms with Crippen LogP contribution in [0.2, 0.25) is 0 Å². The van der Waals surface area contributed by atoms with Gasteiger partial charge in [-0.05, 0) is 56.9 Å². The molecule has 0 bridgehead atoms. The number of benzene rings is 1. The first-order valence-electron chi connectivity index (χ1n) is 5.26. The molecule has 88 valence electrons. The Labute approximate surface area is 95.7 Å². The van der Waals surface area contributed by atoms with Gasteiger partial charge in [0.15, 0.2) is 0 Å². The number of hydrogen-bond donors (Lipinski definition) is 2. The summed E-state index contributed by atoms with van der Waals surface area (Å²) in [6, 6.07) is 3.54. The summed E-state index contributed by atoms with van der Waals surface area (Å²) < 4.78 is 0. The zero-order valence-electron chi connectivity index (χ0n) is 10.2. The Kier molecular flexibility index (Phi) is 3.27. The topological polar surface area (TPSA) is 57.5 Å². The Bertz CT molecular complexity index is 419. The molecule has 0 saturated carbocycles. The van der Waals surface area contributed by atoms with E-state index in [-0.39, 0.29) is 5.75 Å². The van der Waals surface area contributed by atoms with E-state index in [0.717, 1.165) is 11.1 Å². The molecule has 0 radical (unpaired) electrons. The molecule has 1 aromatic carbocycles. The molecule has 0 aliphatic carbocycles. The summed E-state index contributed by atoms with van der Waals surface area (Å²) >= 11 is 0. The lowest BCUT2D eigenvalue weighted by Gasteiger charge is -2.20. The molecule has 1 aromatic rings. The highest BCUT2D eigenvalue weighted by Gasteiger charge is 2.28. The summed E-state index contributed by atoms with van der Waals surface area (Å²) in [5, 5.41) is 18.8. The van der Waals surface area contributed by atoms with Crippen molar-refractivity contribution in [3.8, 4) is 5.75 Å². The summed E-state index contributed by atoms with van der Waals surface area (Å²) in [7, 11) is 0. The highest BCUT2D eigenvalue weighted by Crippen LogP contribution is 2.29. The molecule has 0 saturated heterocycles. The Hall–Kier alpha value is -1.51. The smallest absolute Gasteiger partial charge is 0.309 e. The average Bonchev–Trinajstić information content (AvgIpc) is 2.13. The number of aryl methyl sites for hydroxylation is 2. The zero-order chi connectivity index (χ0) is 12.5. The van der Waals surface area contributed by atoms with Crippen LogP contribution in [-0.2, 0) is 11.2 Å². The molecule has 0 aromatic heterocycles. The summed E-state index contributed by atoms with van der Waals surface area (Å²) in [4.78, 5) is 11.0. The normalized spacial score (nSPS) is 11.5. The van der Waals surface area contributed by atoms with E-state index in [9.17, 15) is 9.90 Å². The van der Waals surface area contributed by atoms with Crippen molar-refractivity contribution in [3.63, 3.8) is 0 Å². The molecular formula is C13H18O3. The predicted molar refractivity (Wildman–Crippen MR) is 62.7 cm³/mol. The van der Waals surface area contributed by atoms with Crippen molar-refractivity contribution in [1.82, 2.24) is 0 Å². The van der Waals surface area contributed by atoms with Gasteiger partial charge in [0, 0.05) is 0 Å². The van der Waals surface area contributed by atoms with E-state index in [0.29, 0.717) is 12.0 Å². The van der Waals surface area contributed by atoms with Crippen LogP contribution in [-0.4, -0.2) is 16.2 Å². The van der Waals surface area contributed by atoms with Gasteiger partial charge in [0.2, 0.25) is 0 Å². The van der Waals surface area contributed by atoms with E-state index in [2.05, 4.69) is 0 Å². The number of carbonyl (C=O) groups is 1. The third kappa shape index (κ3) is 2.54. The van der Waals surface area contributed by atoms with Gasteiger partial charge in [-0.3, -0.25) is 4.79 Å². The Balaban J connectivity index is 3.07. The van der Waals surface area contributed by atoms with Gasteiger partial charge < -0.3 is 10.2 Å². The van der Waals surface area contributed by atoms with Crippen molar-refractivity contribution < 1.29 is 15.0 Å². The molecular weight excluding hydrogens is 204 g/mol. The minimum atomic E-state index is -0.862. The number of carboxylic acid groups (broad SMARTS) is 1. The summed E-state index contributed by atoms with van der Waals surface area (Å²) in [6.45, 7) is 7.18. The van der Waals surface area contributed by atoms with E-state index >= 15 is 0 Å². The average molecular weight is 222 g/mol. The van der Waals surface area contributed by atoms with E-state index in [1.165, 1.54) is 0 Å². The van der Waals surface area contributed by atoms with Gasteiger partial charge in [0.25, 0.3) is 0 Å². The maximum absolute atomic E-state index is 11.0. The van der Waals surface area contributed by atoms with Crippen LogP contribution in [0.25, 0.3) is 0 Å². The van der Waals surface area contributed by atoms with E-state index in [4.69, 9.17) is 5.11 Å². The Morgan fingerprint density at radius 2 is 1.75 bits per heavy atom. The van der Waals surface area contributed by atoms with Crippen molar-refractivity contribution in [2.24, 2.45) is 5.41 Å². The first-order valence-corrected chi connectivity index (χ1v) is 5.26. The minimum Gasteiger partial charge on any atom is -0.508 e. The van der Waals surface area contributed by atoms with Gasteiger partial charge in [-0.1, -0.05) is 6.07 Å². The number of aromatic hydroxyl groups is 1. The van der Waals surface area contributed by atoms with Gasteiger partial charge >= 0.3 is 5.97 Å². The molecule has 0 heterocycles. The fourth-order valence-corrected chi connectivity index (χ4v) is 1.55. The zero-order valence-corrected chi connectivity index (χ0v) is 10.2. The number of carboxylic acids is 1. The lowest BCUT2D eigenvalue weighted by molar-refractivity contribution is -0.146. The summed E-state index contributed by atoms with van der Waals surface area (Å²) in [5.74, 6) is -0.678. The Morgan fingerprint density at radius 1 is 1.25 bits per heavy atom. The van der Waals surface area contributed by atoms with Crippen LogP contribution in [0, 0.1) is 19.3 Å². The van der Waals surface area contributed by atoms with Gasteiger partial charge in [0.05, 0.1) is 5.41 Å². The van der Waals surface area contributed by atoms with Crippen molar-refractivity contribution >= 4 is 5.97 Å². The molecule has 0 aliphatic rings. The second-order valence-electron chi connectivity index (χ2n) is 4.93. The molecule has 16 heavy (non-hydrogen) atoms. The maximum Gasteiger partial charge on any atom is 0.309 e. The first kappa shape index (κ1) is 12.6. The van der Waals surface area contributed by atoms with E-state index in [1.54, 1.807) is 19.9 Å². The largest absolute Gasteiger partial charge is 0.508 e. The number of aliphatic carboxylic acids is 1. The molecule has 0 unspecified atom stereocenters. The van der Waals surface area contributed by atoms with Crippen LogP contribution in [0.15, 0.2) is 12.1 Å². The van der Waals surface area contributed by atoms with Gasteiger partial charge in [0.1, 0.15) is 5.75 Å². The second kappa shape index (κ2) is 4.16. The molecule has 3 nitrogen and oxygen atoms in total. The summed E-state index contributed by atoms with van der Waals surface area (Å²) in [6.07, 6.45) is 0.329. The van der Waals surface area contributed by atoms with Crippen molar-refractivity contribution in [1.29, 1.82) is 0 Å².